The summed E-state index contributed by atoms with van der Waals surface area (Å²) in [5, 5.41) is 5.84. The summed E-state index contributed by atoms with van der Waals surface area (Å²) in [6, 6.07) is 0.589. The van der Waals surface area contributed by atoms with Crippen molar-refractivity contribution < 1.29 is 4.79 Å². The van der Waals surface area contributed by atoms with Gasteiger partial charge in [0.2, 0.25) is 5.95 Å². The van der Waals surface area contributed by atoms with Gasteiger partial charge in [-0.2, -0.15) is 0 Å². The molecule has 2 N–H and O–H groups in total. The molecule has 2 rings (SSSR count). The number of nitrogens with one attached hydrogen (secondary N) is 2. The molecule has 0 aliphatic carbocycles. The van der Waals surface area contributed by atoms with Crippen LogP contribution in [0.25, 0.3) is 0 Å². The fourth-order valence-electron chi connectivity index (χ4n) is 2.11. The van der Waals surface area contributed by atoms with E-state index in [0.29, 0.717) is 17.6 Å². The lowest BCUT2D eigenvalue weighted by atomic mass is 10.1. The van der Waals surface area contributed by atoms with Gasteiger partial charge in [0.15, 0.2) is 0 Å². The molecule has 1 aliphatic rings. The number of aromatic nitrogens is 2. The highest BCUT2D eigenvalue weighted by atomic mass is 16.1. The maximum Gasteiger partial charge on any atom is 0.254 e. The molecule has 1 aliphatic heterocycles. The van der Waals surface area contributed by atoms with E-state index in [9.17, 15) is 4.79 Å². The van der Waals surface area contributed by atoms with Crippen LogP contribution < -0.4 is 15.5 Å². The van der Waals surface area contributed by atoms with Crippen LogP contribution in [0.2, 0.25) is 0 Å². The third-order valence-electron chi connectivity index (χ3n) is 3.31. The van der Waals surface area contributed by atoms with Gasteiger partial charge in [-0.05, 0) is 19.9 Å². The Morgan fingerprint density at radius 3 is 2.39 bits per heavy atom. The molecule has 1 aromatic rings. The number of carbonyl (C=O) groups is 1. The zero-order valence-electron chi connectivity index (χ0n) is 10.8. The monoisotopic (exact) mass is 249 g/mol. The molecule has 0 saturated carbocycles. The summed E-state index contributed by atoms with van der Waals surface area (Å²) in [4.78, 5) is 22.0. The van der Waals surface area contributed by atoms with Crippen molar-refractivity contribution in [3.63, 3.8) is 0 Å². The number of carbonyl (C=O) groups excluding carboxylic acids is 1. The fraction of sp³-hybridized carbons (Fsp3) is 0.583. The van der Waals surface area contributed by atoms with E-state index in [1.54, 1.807) is 19.4 Å². The molecule has 1 fully saturated rings. The van der Waals surface area contributed by atoms with Crippen LogP contribution >= 0.6 is 0 Å². The van der Waals surface area contributed by atoms with Crippen LogP contribution in [0.1, 0.15) is 23.2 Å². The van der Waals surface area contributed by atoms with Gasteiger partial charge < -0.3 is 15.5 Å². The third-order valence-corrected chi connectivity index (χ3v) is 3.31. The fourth-order valence-corrected chi connectivity index (χ4v) is 2.11. The Bertz CT molecular complexity index is 397. The van der Waals surface area contributed by atoms with E-state index in [1.807, 2.05) is 7.05 Å². The lowest BCUT2D eigenvalue weighted by Crippen LogP contribution is -2.41. The number of hydrogen-bond donors (Lipinski definition) is 2. The second-order valence-electron chi connectivity index (χ2n) is 4.40. The van der Waals surface area contributed by atoms with Crippen molar-refractivity contribution in [3.05, 3.63) is 18.0 Å². The molecule has 1 aromatic heterocycles. The number of hydrogen-bond acceptors (Lipinski definition) is 5. The minimum atomic E-state index is -0.157. The molecule has 18 heavy (non-hydrogen) atoms. The van der Waals surface area contributed by atoms with Crippen LogP contribution in [-0.2, 0) is 0 Å². The van der Waals surface area contributed by atoms with E-state index in [-0.39, 0.29) is 5.91 Å². The van der Waals surface area contributed by atoms with Crippen molar-refractivity contribution in [1.82, 2.24) is 20.6 Å². The highest BCUT2D eigenvalue weighted by Gasteiger charge is 2.19. The Morgan fingerprint density at radius 1 is 1.28 bits per heavy atom. The van der Waals surface area contributed by atoms with Crippen LogP contribution in [0.4, 0.5) is 5.95 Å². The lowest BCUT2D eigenvalue weighted by Gasteiger charge is -2.31. The molecule has 0 spiro atoms. The second kappa shape index (κ2) is 5.77. The zero-order chi connectivity index (χ0) is 13.0. The molecule has 0 radical (unpaired) electrons. The van der Waals surface area contributed by atoms with E-state index < -0.39 is 0 Å². The first-order chi connectivity index (χ1) is 8.74. The van der Waals surface area contributed by atoms with Crippen LogP contribution in [0.15, 0.2) is 12.4 Å². The van der Waals surface area contributed by atoms with Crippen LogP contribution in [0.3, 0.4) is 0 Å². The predicted octanol–water partition coefficient (Wildman–Crippen LogP) is 0.0244. The van der Waals surface area contributed by atoms with Gasteiger partial charge in [-0.3, -0.25) is 4.79 Å². The SMILES string of the molecule is CNC(=O)c1cnc(N2CCC(NC)CC2)nc1. The smallest absolute Gasteiger partial charge is 0.254 e. The summed E-state index contributed by atoms with van der Waals surface area (Å²) in [6.07, 6.45) is 5.34. The average molecular weight is 249 g/mol. The number of amides is 1. The summed E-state index contributed by atoms with van der Waals surface area (Å²) in [5.41, 5.74) is 0.492. The molecule has 2 heterocycles. The topological polar surface area (TPSA) is 70.2 Å². The van der Waals surface area contributed by atoms with Crippen molar-refractivity contribution in [3.8, 4) is 0 Å². The van der Waals surface area contributed by atoms with E-state index >= 15 is 0 Å². The molecule has 6 heteroatoms. The Morgan fingerprint density at radius 2 is 1.89 bits per heavy atom. The summed E-state index contributed by atoms with van der Waals surface area (Å²) in [5.74, 6) is 0.549. The maximum absolute atomic E-state index is 11.4. The highest BCUT2D eigenvalue weighted by Crippen LogP contribution is 2.15. The molecule has 98 valence electrons. The first kappa shape index (κ1) is 12.8. The lowest BCUT2D eigenvalue weighted by molar-refractivity contribution is 0.0962. The Hall–Kier alpha value is -1.69. The van der Waals surface area contributed by atoms with Gasteiger partial charge in [-0.1, -0.05) is 0 Å². The number of nitrogens with zero attached hydrogens (tertiary/aromatic N) is 3. The van der Waals surface area contributed by atoms with Crippen molar-refractivity contribution in [2.45, 2.75) is 18.9 Å². The molecule has 6 nitrogen and oxygen atoms in total. The second-order valence-corrected chi connectivity index (χ2v) is 4.40. The number of anilines is 1. The number of rotatable bonds is 3. The van der Waals surface area contributed by atoms with E-state index in [2.05, 4.69) is 25.5 Å². The molecule has 0 unspecified atom stereocenters. The van der Waals surface area contributed by atoms with Gasteiger partial charge in [0, 0.05) is 38.6 Å². The van der Waals surface area contributed by atoms with E-state index in [4.69, 9.17) is 0 Å². The van der Waals surface area contributed by atoms with Gasteiger partial charge in [-0.25, -0.2) is 9.97 Å². The average Bonchev–Trinajstić information content (AvgIpc) is 2.47. The normalized spacial score (nSPS) is 16.7. The molecule has 0 bridgehead atoms. The van der Waals surface area contributed by atoms with Crippen LogP contribution in [0, 0.1) is 0 Å². The Kier molecular flexibility index (Phi) is 4.09. The first-order valence-corrected chi connectivity index (χ1v) is 6.21. The van der Waals surface area contributed by atoms with Crippen LogP contribution in [0.5, 0.6) is 0 Å². The minimum absolute atomic E-state index is 0.157. The standard InChI is InChI=1S/C12H19N5O/c1-13-10-3-5-17(6-4-10)12-15-7-9(8-16-12)11(18)14-2/h7-8,10,13H,3-6H2,1-2H3,(H,14,18). The molecule has 1 saturated heterocycles. The predicted molar refractivity (Wildman–Crippen MR) is 69.7 cm³/mol. The molecular formula is C12H19N5O. The van der Waals surface area contributed by atoms with Crippen LogP contribution in [-0.4, -0.2) is 49.1 Å². The van der Waals surface area contributed by atoms with Gasteiger partial charge in [-0.15, -0.1) is 0 Å². The van der Waals surface area contributed by atoms with E-state index in [1.165, 1.54) is 0 Å². The van der Waals surface area contributed by atoms with Gasteiger partial charge in [0.25, 0.3) is 5.91 Å². The maximum atomic E-state index is 11.4. The number of piperidine rings is 1. The van der Waals surface area contributed by atoms with Crippen molar-refractivity contribution in [2.75, 3.05) is 32.1 Å². The molecular weight excluding hydrogens is 230 g/mol. The van der Waals surface area contributed by atoms with Gasteiger partial charge >= 0.3 is 0 Å². The zero-order valence-corrected chi connectivity index (χ0v) is 10.8. The Balaban J connectivity index is 2.00. The van der Waals surface area contributed by atoms with Crippen molar-refractivity contribution >= 4 is 11.9 Å². The Labute approximate surface area is 107 Å². The van der Waals surface area contributed by atoms with Crippen molar-refractivity contribution in [1.29, 1.82) is 0 Å². The van der Waals surface area contributed by atoms with Gasteiger partial charge in [0.05, 0.1) is 5.56 Å². The molecule has 1 amide bonds. The summed E-state index contributed by atoms with van der Waals surface area (Å²) >= 11 is 0. The first-order valence-electron chi connectivity index (χ1n) is 6.21. The molecule has 0 atom stereocenters. The summed E-state index contributed by atoms with van der Waals surface area (Å²) in [6.45, 7) is 1.90. The highest BCUT2D eigenvalue weighted by molar-refractivity contribution is 5.93. The van der Waals surface area contributed by atoms with Crippen molar-refractivity contribution in [2.24, 2.45) is 0 Å². The molecule has 0 aromatic carbocycles. The minimum Gasteiger partial charge on any atom is -0.355 e. The summed E-state index contributed by atoms with van der Waals surface area (Å²) in [7, 11) is 3.59. The summed E-state index contributed by atoms with van der Waals surface area (Å²) < 4.78 is 0. The third kappa shape index (κ3) is 2.76. The quantitative estimate of drug-likeness (QED) is 0.790. The van der Waals surface area contributed by atoms with E-state index in [0.717, 1.165) is 25.9 Å². The largest absolute Gasteiger partial charge is 0.355 e. The van der Waals surface area contributed by atoms with Gasteiger partial charge in [0.1, 0.15) is 0 Å².